The predicted octanol–water partition coefficient (Wildman–Crippen LogP) is 2.79. The quantitative estimate of drug-likeness (QED) is 0.550. The van der Waals surface area contributed by atoms with E-state index >= 15 is 0 Å². The lowest BCUT2D eigenvalue weighted by Gasteiger charge is -2.58. The Hall–Kier alpha value is -0.650. The van der Waals surface area contributed by atoms with Crippen LogP contribution in [0.4, 0.5) is 0 Å². The SMILES string of the molecule is CCC1C(=O)O[C@@H]2O[C@@]3(C)CCC4[C@H](C)CC[C@@H]1[C@]42OO3. The number of esters is 1. The fraction of sp³-hybridized carbons (Fsp3) is 0.938. The van der Waals surface area contributed by atoms with Gasteiger partial charge in [-0.15, -0.1) is 0 Å². The van der Waals surface area contributed by atoms with Crippen LogP contribution >= 0.6 is 0 Å². The number of hydrogen-bond donors (Lipinski definition) is 0. The van der Waals surface area contributed by atoms with Crippen molar-refractivity contribution in [3.05, 3.63) is 0 Å². The van der Waals surface area contributed by atoms with Crippen molar-refractivity contribution in [1.82, 2.24) is 0 Å². The van der Waals surface area contributed by atoms with Gasteiger partial charge in [-0.1, -0.05) is 13.8 Å². The minimum Gasteiger partial charge on any atom is -0.432 e. The van der Waals surface area contributed by atoms with Crippen LogP contribution in [-0.4, -0.2) is 23.6 Å². The third-order valence-corrected chi connectivity index (χ3v) is 6.23. The van der Waals surface area contributed by atoms with Crippen LogP contribution in [0, 0.1) is 23.7 Å². The number of rotatable bonds is 1. The number of fused-ring (bicyclic) bond motifs is 2. The summed E-state index contributed by atoms with van der Waals surface area (Å²) >= 11 is 0. The van der Waals surface area contributed by atoms with Gasteiger partial charge in [-0.05, 0) is 38.5 Å². The maximum Gasteiger partial charge on any atom is 0.311 e. The van der Waals surface area contributed by atoms with Crippen molar-refractivity contribution >= 4 is 5.97 Å². The second kappa shape index (κ2) is 4.43. The molecule has 0 amide bonds. The minimum absolute atomic E-state index is 0.106. The van der Waals surface area contributed by atoms with Gasteiger partial charge >= 0.3 is 5.97 Å². The van der Waals surface area contributed by atoms with Crippen LogP contribution in [0.15, 0.2) is 0 Å². The topological polar surface area (TPSA) is 54.0 Å². The lowest BCUT2D eigenvalue weighted by atomic mass is 9.57. The Labute approximate surface area is 125 Å². The molecule has 5 fully saturated rings. The third-order valence-electron chi connectivity index (χ3n) is 6.23. The van der Waals surface area contributed by atoms with E-state index < -0.39 is 17.7 Å². The molecule has 5 aliphatic rings. The van der Waals surface area contributed by atoms with Crippen molar-refractivity contribution in [2.45, 2.75) is 70.6 Å². The molecule has 21 heavy (non-hydrogen) atoms. The van der Waals surface area contributed by atoms with Crippen LogP contribution in [0.5, 0.6) is 0 Å². The number of carbonyl (C=O) groups is 1. The highest BCUT2D eigenvalue weighted by molar-refractivity contribution is 5.74. The molecule has 1 aliphatic carbocycles. The highest BCUT2D eigenvalue weighted by Crippen LogP contribution is 2.60. The summed E-state index contributed by atoms with van der Waals surface area (Å²) in [4.78, 5) is 24.0. The maximum atomic E-state index is 12.4. The van der Waals surface area contributed by atoms with E-state index in [2.05, 4.69) is 6.92 Å². The Bertz CT molecular complexity index is 466. The van der Waals surface area contributed by atoms with Crippen molar-refractivity contribution in [3.63, 3.8) is 0 Å². The first-order valence-corrected chi connectivity index (χ1v) is 8.25. The summed E-state index contributed by atoms with van der Waals surface area (Å²) in [5.74, 6) is -0.0373. The van der Waals surface area contributed by atoms with Crippen LogP contribution in [0.1, 0.15) is 52.9 Å². The van der Waals surface area contributed by atoms with E-state index in [4.69, 9.17) is 19.2 Å². The highest BCUT2D eigenvalue weighted by atomic mass is 17.3. The second-order valence-corrected chi connectivity index (χ2v) is 7.36. The van der Waals surface area contributed by atoms with Crippen molar-refractivity contribution in [2.24, 2.45) is 23.7 Å². The molecule has 2 bridgehead atoms. The molecule has 0 aromatic rings. The molecule has 4 aliphatic heterocycles. The van der Waals surface area contributed by atoms with Gasteiger partial charge in [-0.2, -0.15) is 0 Å². The summed E-state index contributed by atoms with van der Waals surface area (Å²) in [7, 11) is 0. The molecule has 1 spiro atoms. The molecule has 4 heterocycles. The maximum absolute atomic E-state index is 12.4. The summed E-state index contributed by atoms with van der Waals surface area (Å²) in [5, 5.41) is 0. The van der Waals surface area contributed by atoms with Gasteiger partial charge in [0.2, 0.25) is 12.1 Å². The summed E-state index contributed by atoms with van der Waals surface area (Å²) in [6.45, 7) is 6.19. The van der Waals surface area contributed by atoms with Gasteiger partial charge in [0.25, 0.3) is 0 Å². The zero-order valence-corrected chi connectivity index (χ0v) is 13.0. The molecule has 5 rings (SSSR count). The van der Waals surface area contributed by atoms with Crippen molar-refractivity contribution < 1.29 is 24.0 Å². The van der Waals surface area contributed by atoms with E-state index in [1.165, 1.54) is 0 Å². The van der Waals surface area contributed by atoms with Crippen molar-refractivity contribution in [3.8, 4) is 0 Å². The Morgan fingerprint density at radius 1 is 1.19 bits per heavy atom. The van der Waals surface area contributed by atoms with Crippen LogP contribution < -0.4 is 0 Å². The zero-order valence-electron chi connectivity index (χ0n) is 13.0. The van der Waals surface area contributed by atoms with Gasteiger partial charge in [0.15, 0.2) is 5.60 Å². The lowest BCUT2D eigenvalue weighted by molar-refractivity contribution is -0.559. The molecule has 5 heteroatoms. The Kier molecular flexibility index (Phi) is 2.95. The highest BCUT2D eigenvalue weighted by Gasteiger charge is 2.70. The predicted molar refractivity (Wildman–Crippen MR) is 72.7 cm³/mol. The van der Waals surface area contributed by atoms with E-state index in [0.29, 0.717) is 11.8 Å². The largest absolute Gasteiger partial charge is 0.432 e. The van der Waals surface area contributed by atoms with Gasteiger partial charge in [0, 0.05) is 18.3 Å². The summed E-state index contributed by atoms with van der Waals surface area (Å²) in [6, 6.07) is 0. The number of hydrogen-bond acceptors (Lipinski definition) is 5. The van der Waals surface area contributed by atoms with Crippen LogP contribution in [0.25, 0.3) is 0 Å². The van der Waals surface area contributed by atoms with E-state index in [-0.39, 0.29) is 17.8 Å². The Balaban J connectivity index is 1.82. The third kappa shape index (κ3) is 1.71. The van der Waals surface area contributed by atoms with Crippen LogP contribution in [0.2, 0.25) is 0 Å². The zero-order chi connectivity index (χ0) is 14.8. The normalized spacial score (nSPS) is 55.6. The molecule has 4 saturated heterocycles. The van der Waals surface area contributed by atoms with E-state index in [0.717, 1.165) is 32.1 Å². The second-order valence-electron chi connectivity index (χ2n) is 7.36. The smallest absolute Gasteiger partial charge is 0.311 e. The summed E-state index contributed by atoms with van der Waals surface area (Å²) in [5.41, 5.74) is -0.609. The molecule has 1 saturated carbocycles. The van der Waals surface area contributed by atoms with E-state index in [1.807, 2.05) is 13.8 Å². The summed E-state index contributed by atoms with van der Waals surface area (Å²) in [6.07, 6.45) is 4.05. The van der Waals surface area contributed by atoms with E-state index in [9.17, 15) is 4.79 Å². The fourth-order valence-electron chi connectivity index (χ4n) is 5.07. The molecular formula is C16H24O5. The molecule has 7 atom stereocenters. The number of carbonyl (C=O) groups excluding carboxylic acids is 1. The Morgan fingerprint density at radius 3 is 2.76 bits per heavy atom. The standard InChI is InChI=1S/C16H24O5/c1-4-10-12-6-5-9(2)11-7-8-15(3)19-14(18-13(10)17)16(11,12)21-20-15/h9-12,14H,4-8H2,1-3H3/t9-,10?,11?,12+,14-,15-,16-/m1/s1. The van der Waals surface area contributed by atoms with Gasteiger partial charge in [0.05, 0.1) is 5.92 Å². The molecule has 5 nitrogen and oxygen atoms in total. The molecule has 0 aromatic carbocycles. The van der Waals surface area contributed by atoms with Gasteiger partial charge in [-0.25, -0.2) is 9.78 Å². The Morgan fingerprint density at radius 2 is 2.00 bits per heavy atom. The van der Waals surface area contributed by atoms with Crippen molar-refractivity contribution in [2.75, 3.05) is 0 Å². The van der Waals surface area contributed by atoms with Gasteiger partial charge in [-0.3, -0.25) is 4.79 Å². The fourth-order valence-corrected chi connectivity index (χ4v) is 5.07. The molecular weight excluding hydrogens is 272 g/mol. The minimum atomic E-state index is -0.795. The average Bonchev–Trinajstić information content (AvgIpc) is 2.67. The first-order chi connectivity index (χ1) is 10.00. The van der Waals surface area contributed by atoms with Gasteiger partial charge < -0.3 is 9.47 Å². The first kappa shape index (κ1) is 14.0. The molecule has 0 radical (unpaired) electrons. The molecule has 0 N–H and O–H groups in total. The monoisotopic (exact) mass is 296 g/mol. The average molecular weight is 296 g/mol. The molecule has 2 unspecified atom stereocenters. The first-order valence-electron chi connectivity index (χ1n) is 8.25. The summed E-state index contributed by atoms with van der Waals surface area (Å²) < 4.78 is 11.7. The van der Waals surface area contributed by atoms with Crippen LogP contribution in [0.3, 0.4) is 0 Å². The van der Waals surface area contributed by atoms with Gasteiger partial charge in [0.1, 0.15) is 0 Å². The molecule has 118 valence electrons. The lowest BCUT2D eigenvalue weighted by Crippen LogP contribution is -2.69. The molecule has 0 aromatic heterocycles. The van der Waals surface area contributed by atoms with E-state index in [1.54, 1.807) is 0 Å². The number of ether oxygens (including phenoxy) is 2. The van der Waals surface area contributed by atoms with Crippen molar-refractivity contribution in [1.29, 1.82) is 0 Å². The van der Waals surface area contributed by atoms with Crippen LogP contribution in [-0.2, 0) is 24.0 Å².